The van der Waals surface area contributed by atoms with Crippen LogP contribution in [0, 0.1) is 12.8 Å². The standard InChI is InChI=1S/C13H20N2S/c1-10(2)8-14-13(16)15-9-12-6-4-11(3)5-7-12/h4-7,10H,8-9H2,1-3H3,(H2,14,15,16). The van der Waals surface area contributed by atoms with Crippen molar-refractivity contribution in [3.63, 3.8) is 0 Å². The van der Waals surface area contributed by atoms with Crippen molar-refractivity contribution in [1.29, 1.82) is 0 Å². The van der Waals surface area contributed by atoms with Gasteiger partial charge in [-0.05, 0) is 30.6 Å². The first-order chi connectivity index (χ1) is 7.58. The second-order valence-electron chi connectivity index (χ2n) is 4.44. The van der Waals surface area contributed by atoms with E-state index < -0.39 is 0 Å². The lowest BCUT2D eigenvalue weighted by Crippen LogP contribution is -2.36. The van der Waals surface area contributed by atoms with Gasteiger partial charge in [0.15, 0.2) is 5.11 Å². The molecule has 0 atom stereocenters. The highest BCUT2D eigenvalue weighted by Gasteiger charge is 1.97. The Morgan fingerprint density at radius 3 is 2.38 bits per heavy atom. The van der Waals surface area contributed by atoms with Gasteiger partial charge < -0.3 is 10.6 Å². The molecule has 0 radical (unpaired) electrons. The number of nitrogens with one attached hydrogen (secondary N) is 2. The zero-order valence-electron chi connectivity index (χ0n) is 10.2. The molecule has 88 valence electrons. The summed E-state index contributed by atoms with van der Waals surface area (Å²) in [5.74, 6) is 0.610. The van der Waals surface area contributed by atoms with Gasteiger partial charge in [0.05, 0.1) is 0 Å². The summed E-state index contributed by atoms with van der Waals surface area (Å²) in [6.07, 6.45) is 0. The Labute approximate surface area is 103 Å². The summed E-state index contributed by atoms with van der Waals surface area (Å²) in [5, 5.41) is 7.11. The van der Waals surface area contributed by atoms with Crippen molar-refractivity contribution in [1.82, 2.24) is 10.6 Å². The quantitative estimate of drug-likeness (QED) is 0.786. The number of hydrogen-bond acceptors (Lipinski definition) is 1. The molecule has 0 amide bonds. The minimum Gasteiger partial charge on any atom is -0.362 e. The average Bonchev–Trinajstić information content (AvgIpc) is 2.25. The number of aryl methyl sites for hydroxylation is 1. The molecular weight excluding hydrogens is 216 g/mol. The molecule has 0 heterocycles. The maximum absolute atomic E-state index is 5.18. The lowest BCUT2D eigenvalue weighted by molar-refractivity contribution is 0.619. The molecule has 0 aliphatic carbocycles. The van der Waals surface area contributed by atoms with Gasteiger partial charge in [-0.15, -0.1) is 0 Å². The largest absolute Gasteiger partial charge is 0.362 e. The van der Waals surface area contributed by atoms with E-state index in [0.717, 1.165) is 18.2 Å². The Bertz CT molecular complexity index is 330. The van der Waals surface area contributed by atoms with Gasteiger partial charge in [-0.3, -0.25) is 0 Å². The van der Waals surface area contributed by atoms with Gasteiger partial charge in [0.2, 0.25) is 0 Å². The van der Waals surface area contributed by atoms with Gasteiger partial charge in [0, 0.05) is 13.1 Å². The van der Waals surface area contributed by atoms with Crippen molar-refractivity contribution in [2.45, 2.75) is 27.3 Å². The lowest BCUT2D eigenvalue weighted by Gasteiger charge is -2.12. The zero-order valence-corrected chi connectivity index (χ0v) is 11.0. The molecule has 0 fully saturated rings. The van der Waals surface area contributed by atoms with Gasteiger partial charge in [0.25, 0.3) is 0 Å². The second kappa shape index (κ2) is 6.48. The Balaban J connectivity index is 2.29. The van der Waals surface area contributed by atoms with Crippen LogP contribution in [0.3, 0.4) is 0 Å². The SMILES string of the molecule is Cc1ccc(CNC(=S)NCC(C)C)cc1. The van der Waals surface area contributed by atoms with E-state index in [1.807, 2.05) is 0 Å². The second-order valence-corrected chi connectivity index (χ2v) is 4.85. The zero-order chi connectivity index (χ0) is 12.0. The smallest absolute Gasteiger partial charge is 0.166 e. The Morgan fingerprint density at radius 1 is 1.19 bits per heavy atom. The molecule has 0 bridgehead atoms. The number of thiocarbonyl (C=S) groups is 1. The Hall–Kier alpha value is -1.09. The molecule has 0 saturated carbocycles. The molecule has 0 aliphatic heterocycles. The summed E-state index contributed by atoms with van der Waals surface area (Å²) in [4.78, 5) is 0. The molecule has 1 rings (SSSR count). The van der Waals surface area contributed by atoms with Crippen LogP contribution in [0.2, 0.25) is 0 Å². The van der Waals surface area contributed by atoms with E-state index in [4.69, 9.17) is 12.2 Å². The van der Waals surface area contributed by atoms with Crippen molar-refractivity contribution in [2.24, 2.45) is 5.92 Å². The van der Waals surface area contributed by atoms with E-state index in [1.165, 1.54) is 11.1 Å². The van der Waals surface area contributed by atoms with Crippen LogP contribution in [0.4, 0.5) is 0 Å². The molecule has 0 spiro atoms. The molecule has 0 aromatic heterocycles. The van der Waals surface area contributed by atoms with Crippen molar-refractivity contribution in [3.05, 3.63) is 35.4 Å². The van der Waals surface area contributed by atoms with Crippen molar-refractivity contribution in [2.75, 3.05) is 6.54 Å². The fourth-order valence-electron chi connectivity index (χ4n) is 1.25. The number of hydrogen-bond donors (Lipinski definition) is 2. The molecule has 1 aromatic carbocycles. The highest BCUT2D eigenvalue weighted by atomic mass is 32.1. The summed E-state index contributed by atoms with van der Waals surface area (Å²) >= 11 is 5.18. The summed E-state index contributed by atoms with van der Waals surface area (Å²) in [7, 11) is 0. The fourth-order valence-corrected chi connectivity index (χ4v) is 1.40. The third-order valence-electron chi connectivity index (χ3n) is 2.24. The van der Waals surface area contributed by atoms with Crippen LogP contribution >= 0.6 is 12.2 Å². The van der Waals surface area contributed by atoms with Crippen LogP contribution in [0.5, 0.6) is 0 Å². The monoisotopic (exact) mass is 236 g/mol. The summed E-state index contributed by atoms with van der Waals surface area (Å²) in [5.41, 5.74) is 2.53. The van der Waals surface area contributed by atoms with E-state index in [9.17, 15) is 0 Å². The molecule has 0 aliphatic rings. The van der Waals surface area contributed by atoms with Crippen LogP contribution in [-0.2, 0) is 6.54 Å². The minimum absolute atomic E-state index is 0.610. The van der Waals surface area contributed by atoms with Crippen LogP contribution in [-0.4, -0.2) is 11.7 Å². The first-order valence-corrected chi connectivity index (χ1v) is 6.06. The lowest BCUT2D eigenvalue weighted by atomic mass is 10.1. The average molecular weight is 236 g/mol. The van der Waals surface area contributed by atoms with E-state index in [0.29, 0.717) is 5.92 Å². The van der Waals surface area contributed by atoms with Crippen molar-refractivity contribution in [3.8, 4) is 0 Å². The summed E-state index contributed by atoms with van der Waals surface area (Å²) in [6.45, 7) is 8.11. The molecule has 0 unspecified atom stereocenters. The third-order valence-corrected chi connectivity index (χ3v) is 2.53. The number of rotatable bonds is 4. The molecule has 1 aromatic rings. The topological polar surface area (TPSA) is 24.1 Å². The van der Waals surface area contributed by atoms with Gasteiger partial charge in [-0.25, -0.2) is 0 Å². The third kappa shape index (κ3) is 5.12. The van der Waals surface area contributed by atoms with Crippen molar-refractivity contribution < 1.29 is 0 Å². The fraction of sp³-hybridized carbons (Fsp3) is 0.462. The molecule has 2 N–H and O–H groups in total. The predicted octanol–water partition coefficient (Wildman–Crippen LogP) is 2.62. The van der Waals surface area contributed by atoms with Gasteiger partial charge in [0.1, 0.15) is 0 Å². The predicted molar refractivity (Wildman–Crippen MR) is 73.5 cm³/mol. The van der Waals surface area contributed by atoms with E-state index in [1.54, 1.807) is 0 Å². The summed E-state index contributed by atoms with van der Waals surface area (Å²) in [6, 6.07) is 8.46. The highest BCUT2D eigenvalue weighted by Crippen LogP contribution is 2.02. The van der Waals surface area contributed by atoms with E-state index >= 15 is 0 Å². The van der Waals surface area contributed by atoms with Crippen LogP contribution < -0.4 is 10.6 Å². The Kier molecular flexibility index (Phi) is 5.26. The van der Waals surface area contributed by atoms with Gasteiger partial charge in [-0.2, -0.15) is 0 Å². The first kappa shape index (κ1) is 13.0. The summed E-state index contributed by atoms with van der Waals surface area (Å²) < 4.78 is 0. The van der Waals surface area contributed by atoms with Gasteiger partial charge in [-0.1, -0.05) is 43.7 Å². The molecule has 16 heavy (non-hydrogen) atoms. The van der Waals surface area contributed by atoms with Crippen molar-refractivity contribution >= 4 is 17.3 Å². The van der Waals surface area contributed by atoms with E-state index in [2.05, 4.69) is 55.7 Å². The Morgan fingerprint density at radius 2 is 1.81 bits per heavy atom. The van der Waals surface area contributed by atoms with Gasteiger partial charge >= 0.3 is 0 Å². The molecular formula is C13H20N2S. The normalized spacial score (nSPS) is 10.2. The molecule has 2 nitrogen and oxygen atoms in total. The maximum Gasteiger partial charge on any atom is 0.166 e. The molecule has 0 saturated heterocycles. The van der Waals surface area contributed by atoms with Crippen LogP contribution in [0.1, 0.15) is 25.0 Å². The van der Waals surface area contributed by atoms with Crippen LogP contribution in [0.15, 0.2) is 24.3 Å². The minimum atomic E-state index is 0.610. The van der Waals surface area contributed by atoms with Crippen LogP contribution in [0.25, 0.3) is 0 Å². The molecule has 3 heteroatoms. The highest BCUT2D eigenvalue weighted by molar-refractivity contribution is 7.80. The number of benzene rings is 1. The first-order valence-electron chi connectivity index (χ1n) is 5.65. The van der Waals surface area contributed by atoms with E-state index in [-0.39, 0.29) is 0 Å². The maximum atomic E-state index is 5.18.